The highest BCUT2D eigenvalue weighted by Crippen LogP contribution is 2.25. The first-order valence-electron chi connectivity index (χ1n) is 6.44. The molecule has 104 valence electrons. The molecule has 1 fully saturated rings. The number of para-hydroxylation sites is 1. The number of nitrogens with one attached hydrogen (secondary N) is 1. The summed E-state index contributed by atoms with van der Waals surface area (Å²) < 4.78 is 5.64. The first-order chi connectivity index (χ1) is 9.10. The van der Waals surface area contributed by atoms with Crippen molar-refractivity contribution in [2.45, 2.75) is 31.0 Å². The Hall–Kier alpha value is -1.20. The van der Waals surface area contributed by atoms with Crippen LogP contribution in [0.5, 0.6) is 0 Å². The number of anilines is 1. The number of morpholine rings is 1. The molecule has 1 saturated heterocycles. The van der Waals surface area contributed by atoms with Crippen LogP contribution < -0.4 is 5.32 Å². The Morgan fingerprint density at radius 3 is 2.58 bits per heavy atom. The van der Waals surface area contributed by atoms with Crippen LogP contribution in [0.4, 0.5) is 10.5 Å². The molecule has 0 unspecified atom stereocenters. The zero-order valence-electron chi connectivity index (χ0n) is 11.6. The standard InChI is InChI=1S/C14H20N2O2S/c1-10-8-16(9-11(2)18-10)14(17)15-12-6-4-5-7-13(12)19-3/h4-7,10-11H,8-9H2,1-3H3,(H,15,17)/t10-,11+. The van der Waals surface area contributed by atoms with Gasteiger partial charge in [0.05, 0.1) is 17.9 Å². The van der Waals surface area contributed by atoms with Crippen molar-refractivity contribution in [3.63, 3.8) is 0 Å². The molecule has 0 spiro atoms. The second kappa shape index (κ2) is 6.30. The summed E-state index contributed by atoms with van der Waals surface area (Å²) in [5.41, 5.74) is 0.867. The first-order valence-corrected chi connectivity index (χ1v) is 7.67. The van der Waals surface area contributed by atoms with Crippen molar-refractivity contribution in [3.8, 4) is 0 Å². The second-order valence-electron chi connectivity index (χ2n) is 4.79. The summed E-state index contributed by atoms with van der Waals surface area (Å²) in [5.74, 6) is 0. The molecule has 5 heteroatoms. The lowest BCUT2D eigenvalue weighted by atomic mass is 10.2. The molecule has 0 saturated carbocycles. The minimum absolute atomic E-state index is 0.0523. The zero-order chi connectivity index (χ0) is 13.8. The van der Waals surface area contributed by atoms with Crippen molar-refractivity contribution < 1.29 is 9.53 Å². The summed E-state index contributed by atoms with van der Waals surface area (Å²) >= 11 is 1.63. The molecule has 1 aliphatic rings. The van der Waals surface area contributed by atoms with E-state index in [4.69, 9.17) is 4.74 Å². The Kier molecular flexibility index (Phi) is 4.71. The van der Waals surface area contributed by atoms with E-state index < -0.39 is 0 Å². The van der Waals surface area contributed by atoms with Gasteiger partial charge in [0.1, 0.15) is 0 Å². The third kappa shape index (κ3) is 3.64. The van der Waals surface area contributed by atoms with Gasteiger partial charge in [0.2, 0.25) is 0 Å². The third-order valence-electron chi connectivity index (χ3n) is 3.06. The summed E-state index contributed by atoms with van der Waals surface area (Å²) in [4.78, 5) is 15.2. The lowest BCUT2D eigenvalue weighted by Gasteiger charge is -2.35. The summed E-state index contributed by atoms with van der Waals surface area (Å²) in [5, 5.41) is 2.98. The molecule has 1 aromatic carbocycles. The molecule has 2 rings (SSSR count). The minimum atomic E-state index is -0.0523. The molecule has 2 amide bonds. The largest absolute Gasteiger partial charge is 0.372 e. The van der Waals surface area contributed by atoms with E-state index in [1.807, 2.05) is 49.3 Å². The molecule has 1 heterocycles. The van der Waals surface area contributed by atoms with Crippen LogP contribution in [-0.2, 0) is 4.74 Å². The van der Waals surface area contributed by atoms with Crippen molar-refractivity contribution >= 4 is 23.5 Å². The second-order valence-corrected chi connectivity index (χ2v) is 5.64. The van der Waals surface area contributed by atoms with E-state index in [9.17, 15) is 4.79 Å². The zero-order valence-corrected chi connectivity index (χ0v) is 12.4. The molecule has 1 aliphatic heterocycles. The number of amides is 2. The number of thioether (sulfide) groups is 1. The van der Waals surface area contributed by atoms with E-state index in [0.29, 0.717) is 13.1 Å². The van der Waals surface area contributed by atoms with Crippen LogP contribution in [0.2, 0.25) is 0 Å². The van der Waals surface area contributed by atoms with E-state index in [0.717, 1.165) is 10.6 Å². The van der Waals surface area contributed by atoms with Crippen LogP contribution in [0.15, 0.2) is 29.2 Å². The van der Waals surface area contributed by atoms with Crippen molar-refractivity contribution in [2.24, 2.45) is 0 Å². The van der Waals surface area contributed by atoms with E-state index in [1.54, 1.807) is 11.8 Å². The summed E-state index contributed by atoms with van der Waals surface area (Å²) in [6, 6.07) is 7.78. The average Bonchev–Trinajstić information content (AvgIpc) is 2.38. The minimum Gasteiger partial charge on any atom is -0.372 e. The van der Waals surface area contributed by atoms with Crippen molar-refractivity contribution in [3.05, 3.63) is 24.3 Å². The van der Waals surface area contributed by atoms with Gasteiger partial charge in [-0.05, 0) is 32.2 Å². The molecule has 1 aromatic rings. The maximum Gasteiger partial charge on any atom is 0.322 e. The maximum atomic E-state index is 12.3. The van der Waals surface area contributed by atoms with Gasteiger partial charge < -0.3 is 15.0 Å². The lowest BCUT2D eigenvalue weighted by molar-refractivity contribution is -0.0530. The first kappa shape index (κ1) is 14.2. The predicted molar refractivity (Wildman–Crippen MR) is 78.8 cm³/mol. The fraction of sp³-hybridized carbons (Fsp3) is 0.500. The summed E-state index contributed by atoms with van der Waals surface area (Å²) in [7, 11) is 0. The molecule has 2 atom stereocenters. The van der Waals surface area contributed by atoms with Crippen molar-refractivity contribution in [2.75, 3.05) is 24.7 Å². The molecule has 4 nitrogen and oxygen atoms in total. The molecule has 0 aliphatic carbocycles. The van der Waals surface area contributed by atoms with Gasteiger partial charge >= 0.3 is 6.03 Å². The van der Waals surface area contributed by atoms with Crippen molar-refractivity contribution in [1.29, 1.82) is 0 Å². The lowest BCUT2D eigenvalue weighted by Crippen LogP contribution is -2.49. The van der Waals surface area contributed by atoms with Gasteiger partial charge in [-0.1, -0.05) is 12.1 Å². The molecule has 0 radical (unpaired) electrons. The molecule has 1 N–H and O–H groups in total. The fourth-order valence-electron chi connectivity index (χ4n) is 2.29. The van der Waals surface area contributed by atoms with Crippen LogP contribution >= 0.6 is 11.8 Å². The molecule has 0 bridgehead atoms. The Balaban J connectivity index is 2.04. The molecule has 19 heavy (non-hydrogen) atoms. The molecular weight excluding hydrogens is 260 g/mol. The number of nitrogens with zero attached hydrogens (tertiary/aromatic N) is 1. The monoisotopic (exact) mass is 280 g/mol. The fourth-order valence-corrected chi connectivity index (χ4v) is 2.84. The van der Waals surface area contributed by atoms with Crippen molar-refractivity contribution in [1.82, 2.24) is 4.90 Å². The normalized spacial score (nSPS) is 23.2. The van der Waals surface area contributed by atoms with E-state index in [-0.39, 0.29) is 18.2 Å². The van der Waals surface area contributed by atoms with Crippen LogP contribution in [0.3, 0.4) is 0 Å². The van der Waals surface area contributed by atoms with Crippen LogP contribution in [0, 0.1) is 0 Å². The van der Waals surface area contributed by atoms with Crippen LogP contribution in [-0.4, -0.2) is 42.5 Å². The Labute approximate surface area is 118 Å². The van der Waals surface area contributed by atoms with E-state index >= 15 is 0 Å². The molecule has 0 aromatic heterocycles. The van der Waals surface area contributed by atoms with Crippen LogP contribution in [0.25, 0.3) is 0 Å². The van der Waals surface area contributed by atoms with Gasteiger partial charge in [-0.25, -0.2) is 4.79 Å². The summed E-state index contributed by atoms with van der Waals surface area (Å²) in [6.45, 7) is 5.26. The van der Waals surface area contributed by atoms with E-state index in [1.165, 1.54) is 0 Å². The third-order valence-corrected chi connectivity index (χ3v) is 3.85. The van der Waals surface area contributed by atoms with Gasteiger partial charge in [0.15, 0.2) is 0 Å². The van der Waals surface area contributed by atoms with Gasteiger partial charge in [-0.15, -0.1) is 11.8 Å². The van der Waals surface area contributed by atoms with Gasteiger partial charge in [-0.2, -0.15) is 0 Å². The smallest absolute Gasteiger partial charge is 0.322 e. The highest BCUT2D eigenvalue weighted by Gasteiger charge is 2.26. The van der Waals surface area contributed by atoms with E-state index in [2.05, 4.69) is 5.32 Å². The number of ether oxygens (including phenoxy) is 1. The predicted octanol–water partition coefficient (Wildman–Crippen LogP) is 3.05. The number of benzene rings is 1. The highest BCUT2D eigenvalue weighted by atomic mass is 32.2. The number of hydrogen-bond acceptors (Lipinski definition) is 3. The Morgan fingerprint density at radius 2 is 1.95 bits per heavy atom. The average molecular weight is 280 g/mol. The van der Waals surface area contributed by atoms with Crippen LogP contribution in [0.1, 0.15) is 13.8 Å². The quantitative estimate of drug-likeness (QED) is 0.847. The number of carbonyl (C=O) groups is 1. The van der Waals surface area contributed by atoms with Gasteiger partial charge in [-0.3, -0.25) is 0 Å². The number of hydrogen-bond donors (Lipinski definition) is 1. The molecular formula is C14H20N2O2S. The number of carbonyl (C=O) groups excluding carboxylic acids is 1. The number of rotatable bonds is 2. The highest BCUT2D eigenvalue weighted by molar-refractivity contribution is 7.98. The number of urea groups is 1. The Bertz CT molecular complexity index is 443. The van der Waals surface area contributed by atoms with Gasteiger partial charge in [0.25, 0.3) is 0 Å². The summed E-state index contributed by atoms with van der Waals surface area (Å²) in [6.07, 6.45) is 2.18. The maximum absolute atomic E-state index is 12.3. The topological polar surface area (TPSA) is 41.6 Å². The van der Waals surface area contributed by atoms with Gasteiger partial charge in [0, 0.05) is 18.0 Å². The Morgan fingerprint density at radius 1 is 1.32 bits per heavy atom. The SMILES string of the molecule is CSc1ccccc1NC(=O)N1C[C@@H](C)O[C@@H](C)C1.